The quantitative estimate of drug-likeness (QED) is 0.468. The molecule has 0 aromatic heterocycles. The summed E-state index contributed by atoms with van der Waals surface area (Å²) in [6.07, 6.45) is 0. The number of rotatable bonds is 0. The maximum absolute atomic E-state index is 12.8. The van der Waals surface area contributed by atoms with Crippen molar-refractivity contribution in [1.29, 1.82) is 0 Å². The second kappa shape index (κ2) is 2.54. The van der Waals surface area contributed by atoms with Crippen LogP contribution in [0.3, 0.4) is 0 Å². The smallest absolute Gasteiger partial charge is 0.298 e. The fourth-order valence-corrected chi connectivity index (χ4v) is 1.08. The molecule has 1 aliphatic rings. The Bertz CT molecular complexity index is 228. The van der Waals surface area contributed by atoms with E-state index in [0.717, 1.165) is 0 Å². The fraction of sp³-hybridized carbons (Fsp3) is 0.625. The van der Waals surface area contributed by atoms with Gasteiger partial charge in [0.05, 0.1) is 13.1 Å². The predicted octanol–water partition coefficient (Wildman–Crippen LogP) is 0.580. The summed E-state index contributed by atoms with van der Waals surface area (Å²) in [6, 6.07) is 0. The number of likely N-dealkylation sites (tertiary alicyclic amines) is 1. The predicted molar refractivity (Wildman–Crippen MR) is 39.5 cm³/mol. The summed E-state index contributed by atoms with van der Waals surface area (Å²) in [5.41, 5.74) is -1.19. The monoisotopic (exact) mass is 155 g/mol. The van der Waals surface area contributed by atoms with E-state index in [1.165, 1.54) is 11.8 Å². The normalized spacial score (nSPS) is 19.7. The number of carbonyl (C=O) groups excluding carboxylic acids is 1. The minimum atomic E-state index is -1.19. The molecule has 0 unspecified atom stereocenters. The summed E-state index contributed by atoms with van der Waals surface area (Å²) >= 11 is 0. The third-order valence-corrected chi connectivity index (χ3v) is 1.56. The second-order valence-electron chi connectivity index (χ2n) is 2.95. The van der Waals surface area contributed by atoms with Crippen LogP contribution < -0.4 is 0 Å². The Hall–Kier alpha value is -1.04. The highest BCUT2D eigenvalue weighted by molar-refractivity contribution is 5.94. The average Bonchev–Trinajstić information content (AvgIpc) is 1.83. The van der Waals surface area contributed by atoms with Crippen LogP contribution in [0.2, 0.25) is 0 Å². The molecular formula is C8H10FNO. The van der Waals surface area contributed by atoms with Crippen LogP contribution in [-0.2, 0) is 4.79 Å². The highest BCUT2D eigenvalue weighted by Gasteiger charge is 2.40. The second-order valence-corrected chi connectivity index (χ2v) is 2.95. The Morgan fingerprint density at radius 3 is 2.55 bits per heavy atom. The van der Waals surface area contributed by atoms with Gasteiger partial charge < -0.3 is 4.90 Å². The first-order chi connectivity index (χ1) is 5.05. The van der Waals surface area contributed by atoms with E-state index in [0.29, 0.717) is 0 Å². The zero-order chi connectivity index (χ0) is 8.48. The van der Waals surface area contributed by atoms with Crippen LogP contribution >= 0.6 is 0 Å². The van der Waals surface area contributed by atoms with Crippen molar-refractivity contribution in [3.8, 4) is 11.8 Å². The number of halogens is 1. The van der Waals surface area contributed by atoms with Crippen LogP contribution in [0.4, 0.5) is 4.39 Å². The van der Waals surface area contributed by atoms with E-state index in [2.05, 4.69) is 11.8 Å². The van der Waals surface area contributed by atoms with Crippen LogP contribution in [0.5, 0.6) is 0 Å². The molecule has 0 N–H and O–H groups in total. The lowest BCUT2D eigenvalue weighted by molar-refractivity contribution is -0.137. The van der Waals surface area contributed by atoms with Gasteiger partial charge >= 0.3 is 0 Å². The van der Waals surface area contributed by atoms with Crippen molar-refractivity contribution in [3.05, 3.63) is 0 Å². The van der Waals surface area contributed by atoms with Crippen molar-refractivity contribution < 1.29 is 9.18 Å². The van der Waals surface area contributed by atoms with Crippen molar-refractivity contribution in [1.82, 2.24) is 4.90 Å². The molecule has 0 spiro atoms. The summed E-state index contributed by atoms with van der Waals surface area (Å²) in [5.74, 6) is 4.56. The molecule has 11 heavy (non-hydrogen) atoms. The van der Waals surface area contributed by atoms with Gasteiger partial charge in [0.2, 0.25) is 0 Å². The Kier molecular flexibility index (Phi) is 1.86. The van der Waals surface area contributed by atoms with E-state index in [1.807, 2.05) is 0 Å². The topological polar surface area (TPSA) is 20.3 Å². The minimum Gasteiger partial charge on any atom is -0.325 e. The van der Waals surface area contributed by atoms with Gasteiger partial charge in [-0.3, -0.25) is 4.79 Å². The molecule has 0 atom stereocenters. The number of amides is 1. The molecule has 0 aromatic carbocycles. The van der Waals surface area contributed by atoms with E-state index in [1.54, 1.807) is 6.92 Å². The van der Waals surface area contributed by atoms with Gasteiger partial charge in [0.25, 0.3) is 5.91 Å². The third kappa shape index (κ3) is 1.70. The van der Waals surface area contributed by atoms with Crippen molar-refractivity contribution in [2.45, 2.75) is 19.5 Å². The van der Waals surface area contributed by atoms with E-state index in [-0.39, 0.29) is 19.0 Å². The van der Waals surface area contributed by atoms with Gasteiger partial charge in [0.1, 0.15) is 5.67 Å². The molecule has 0 saturated carbocycles. The molecule has 1 saturated heterocycles. The van der Waals surface area contributed by atoms with Crippen LogP contribution in [0.15, 0.2) is 0 Å². The average molecular weight is 155 g/mol. The highest BCUT2D eigenvalue weighted by atomic mass is 19.1. The lowest BCUT2D eigenvalue weighted by atomic mass is 9.99. The van der Waals surface area contributed by atoms with Crippen molar-refractivity contribution >= 4 is 5.91 Å². The lowest BCUT2D eigenvalue weighted by Crippen LogP contribution is -2.58. The molecule has 0 aliphatic carbocycles. The van der Waals surface area contributed by atoms with Gasteiger partial charge in [-0.2, -0.15) is 0 Å². The summed E-state index contributed by atoms with van der Waals surface area (Å²) in [5, 5.41) is 0. The van der Waals surface area contributed by atoms with Crippen LogP contribution in [0.1, 0.15) is 13.8 Å². The first-order valence-electron chi connectivity index (χ1n) is 3.46. The van der Waals surface area contributed by atoms with Crippen molar-refractivity contribution in [3.63, 3.8) is 0 Å². The van der Waals surface area contributed by atoms with E-state index < -0.39 is 5.67 Å². The Balaban J connectivity index is 2.42. The SMILES string of the molecule is CC#CC(=O)N1CC(C)(F)C1. The molecule has 0 bridgehead atoms. The first-order valence-corrected chi connectivity index (χ1v) is 3.46. The van der Waals surface area contributed by atoms with Gasteiger partial charge in [-0.1, -0.05) is 5.92 Å². The molecule has 1 heterocycles. The van der Waals surface area contributed by atoms with Gasteiger partial charge in [0.15, 0.2) is 0 Å². The first kappa shape index (κ1) is 8.06. The Morgan fingerprint density at radius 1 is 1.64 bits per heavy atom. The molecule has 3 heteroatoms. The fourth-order valence-electron chi connectivity index (χ4n) is 1.08. The van der Waals surface area contributed by atoms with Crippen LogP contribution in [0, 0.1) is 11.8 Å². The lowest BCUT2D eigenvalue weighted by Gasteiger charge is -2.40. The van der Waals surface area contributed by atoms with Crippen molar-refractivity contribution in [2.75, 3.05) is 13.1 Å². The number of hydrogen-bond donors (Lipinski definition) is 0. The number of hydrogen-bond acceptors (Lipinski definition) is 1. The van der Waals surface area contributed by atoms with Gasteiger partial charge in [-0.25, -0.2) is 4.39 Å². The summed E-state index contributed by atoms with van der Waals surface area (Å²) in [4.78, 5) is 12.3. The maximum atomic E-state index is 12.8. The molecular weight excluding hydrogens is 145 g/mol. The van der Waals surface area contributed by atoms with Gasteiger partial charge in [0, 0.05) is 0 Å². The third-order valence-electron chi connectivity index (χ3n) is 1.56. The number of alkyl halides is 1. The van der Waals surface area contributed by atoms with E-state index in [4.69, 9.17) is 0 Å². The molecule has 1 fully saturated rings. The highest BCUT2D eigenvalue weighted by Crippen LogP contribution is 2.23. The van der Waals surface area contributed by atoms with Gasteiger partial charge in [-0.15, -0.1) is 0 Å². The summed E-state index contributed by atoms with van der Waals surface area (Å²) < 4.78 is 12.8. The largest absolute Gasteiger partial charge is 0.325 e. The molecule has 60 valence electrons. The van der Waals surface area contributed by atoms with Crippen molar-refractivity contribution in [2.24, 2.45) is 0 Å². The molecule has 1 rings (SSSR count). The van der Waals surface area contributed by atoms with Crippen LogP contribution in [0.25, 0.3) is 0 Å². The minimum absolute atomic E-state index is 0.181. The molecule has 1 amide bonds. The van der Waals surface area contributed by atoms with Crippen LogP contribution in [-0.4, -0.2) is 29.6 Å². The standard InChI is InChI=1S/C8H10FNO/c1-3-4-7(11)10-5-8(2,9)6-10/h5-6H2,1-2H3. The number of carbonyl (C=O) groups is 1. The summed E-state index contributed by atoms with van der Waals surface area (Å²) in [6.45, 7) is 3.43. The molecule has 0 radical (unpaired) electrons. The Labute approximate surface area is 65.4 Å². The Morgan fingerprint density at radius 2 is 2.18 bits per heavy atom. The van der Waals surface area contributed by atoms with E-state index >= 15 is 0 Å². The zero-order valence-corrected chi connectivity index (χ0v) is 6.65. The van der Waals surface area contributed by atoms with Gasteiger partial charge in [-0.05, 0) is 19.8 Å². The molecule has 2 nitrogen and oxygen atoms in total. The maximum Gasteiger partial charge on any atom is 0.298 e. The summed E-state index contributed by atoms with van der Waals surface area (Å²) in [7, 11) is 0. The molecule has 0 aromatic rings. The zero-order valence-electron chi connectivity index (χ0n) is 6.65. The van der Waals surface area contributed by atoms with E-state index in [9.17, 15) is 9.18 Å². The molecule has 1 aliphatic heterocycles. The number of nitrogens with zero attached hydrogens (tertiary/aromatic N) is 1.